The van der Waals surface area contributed by atoms with E-state index in [9.17, 15) is 4.79 Å². The van der Waals surface area contributed by atoms with Gasteiger partial charge >= 0.3 is 13.3 Å². The standard InChI is InChI=1S/C15H28BN2O4/c1-13(2,3)20-12(19)17-8-10-18(11-9-17)16-21-14(4,5)15(6,7)22-16/h10H,8-9,11H2,1-7H3/q+1. The molecule has 6 nitrogen and oxygen atoms in total. The van der Waals surface area contributed by atoms with E-state index < -0.39 is 12.9 Å². The minimum atomic E-state index is -0.472. The first-order valence-corrected chi connectivity index (χ1v) is 7.84. The molecule has 2 rings (SSSR count). The van der Waals surface area contributed by atoms with Crippen LogP contribution in [0.3, 0.4) is 0 Å². The summed E-state index contributed by atoms with van der Waals surface area (Å²) in [5.74, 6) is 0. The molecule has 0 spiro atoms. The molecule has 0 radical (unpaired) electrons. The second kappa shape index (κ2) is 5.53. The van der Waals surface area contributed by atoms with Crippen LogP contribution in [0.5, 0.6) is 0 Å². The van der Waals surface area contributed by atoms with Crippen LogP contribution in [0.4, 0.5) is 4.79 Å². The predicted molar refractivity (Wildman–Crippen MR) is 85.1 cm³/mol. The van der Waals surface area contributed by atoms with E-state index in [1.54, 1.807) is 4.90 Å². The van der Waals surface area contributed by atoms with Crippen LogP contribution in [0.2, 0.25) is 0 Å². The zero-order chi connectivity index (χ0) is 16.8. The first-order valence-electron chi connectivity index (χ1n) is 7.84. The van der Waals surface area contributed by atoms with Gasteiger partial charge in [-0.1, -0.05) is 0 Å². The summed E-state index contributed by atoms with van der Waals surface area (Å²) in [5.41, 5.74) is -1.18. The number of nitrogens with zero attached hydrogens (tertiary/aromatic N) is 2. The second-order valence-corrected chi connectivity index (χ2v) is 7.91. The number of carbonyl (C=O) groups excluding carboxylic acids is 1. The molecule has 0 aromatic carbocycles. The van der Waals surface area contributed by atoms with Gasteiger partial charge in [-0.3, -0.25) is 9.39 Å². The SMILES string of the molecule is CC(C)(C)OC(=O)N1CC=[N+](B2OC(C)(C)C(C)(C)O2)CC1. The Bertz CT molecular complexity index is 466. The van der Waals surface area contributed by atoms with Gasteiger partial charge in [0.15, 0.2) is 0 Å². The van der Waals surface area contributed by atoms with Crippen molar-refractivity contribution in [2.75, 3.05) is 19.6 Å². The van der Waals surface area contributed by atoms with Crippen molar-refractivity contribution in [2.24, 2.45) is 0 Å². The van der Waals surface area contributed by atoms with Gasteiger partial charge in [0.2, 0.25) is 0 Å². The Morgan fingerprint density at radius 2 is 1.77 bits per heavy atom. The molecule has 1 fully saturated rings. The van der Waals surface area contributed by atoms with Crippen LogP contribution in [-0.4, -0.2) is 65.4 Å². The van der Waals surface area contributed by atoms with Crippen LogP contribution in [0.1, 0.15) is 48.5 Å². The summed E-state index contributed by atoms with van der Waals surface area (Å²) >= 11 is 0. The van der Waals surface area contributed by atoms with Gasteiger partial charge in [0, 0.05) is 0 Å². The lowest BCUT2D eigenvalue weighted by molar-refractivity contribution is -0.424. The first kappa shape index (κ1) is 17.3. The average molecular weight is 311 g/mol. The third-order valence-electron chi connectivity index (χ3n) is 4.33. The number of ether oxygens (including phenoxy) is 1. The maximum Gasteiger partial charge on any atom is 0.844 e. The number of hydrogen-bond donors (Lipinski definition) is 0. The molecule has 0 unspecified atom stereocenters. The smallest absolute Gasteiger partial charge is 0.444 e. The Balaban J connectivity index is 1.97. The van der Waals surface area contributed by atoms with Crippen molar-refractivity contribution in [3.63, 3.8) is 0 Å². The third kappa shape index (κ3) is 3.63. The third-order valence-corrected chi connectivity index (χ3v) is 4.33. The van der Waals surface area contributed by atoms with Crippen LogP contribution >= 0.6 is 0 Å². The molecule has 22 heavy (non-hydrogen) atoms. The fourth-order valence-electron chi connectivity index (χ4n) is 2.25. The Hall–Kier alpha value is -1.08. The number of hydrogen-bond acceptors (Lipinski definition) is 4. The quantitative estimate of drug-likeness (QED) is 0.694. The molecule has 0 aromatic heterocycles. The molecule has 0 aliphatic carbocycles. The lowest BCUT2D eigenvalue weighted by atomic mass is 9.90. The van der Waals surface area contributed by atoms with E-state index in [0.717, 1.165) is 0 Å². The molecule has 0 saturated carbocycles. The summed E-state index contributed by atoms with van der Waals surface area (Å²) in [6, 6.07) is 0. The number of carbonyl (C=O) groups is 1. The van der Waals surface area contributed by atoms with E-state index in [2.05, 4.69) is 0 Å². The molecule has 0 bridgehead atoms. The Kier molecular flexibility index (Phi) is 4.34. The van der Waals surface area contributed by atoms with Crippen molar-refractivity contribution in [2.45, 2.75) is 65.3 Å². The van der Waals surface area contributed by atoms with Crippen LogP contribution in [-0.2, 0) is 14.0 Å². The maximum absolute atomic E-state index is 12.1. The van der Waals surface area contributed by atoms with Gasteiger partial charge in [-0.05, 0) is 48.5 Å². The molecule has 7 heteroatoms. The number of amides is 1. The van der Waals surface area contributed by atoms with Gasteiger partial charge in [-0.15, -0.1) is 0 Å². The van der Waals surface area contributed by atoms with Crippen molar-refractivity contribution in [1.29, 1.82) is 0 Å². The van der Waals surface area contributed by atoms with E-state index in [0.29, 0.717) is 19.6 Å². The summed E-state index contributed by atoms with van der Waals surface area (Å²) in [7, 11) is -0.397. The fraction of sp³-hybridized carbons (Fsp3) is 0.867. The van der Waals surface area contributed by atoms with E-state index >= 15 is 0 Å². The average Bonchev–Trinajstić information content (AvgIpc) is 2.56. The second-order valence-electron chi connectivity index (χ2n) is 7.91. The summed E-state index contributed by atoms with van der Waals surface area (Å²) < 4.78 is 19.4. The van der Waals surface area contributed by atoms with Gasteiger partial charge in [-0.2, -0.15) is 0 Å². The van der Waals surface area contributed by atoms with Gasteiger partial charge in [0.1, 0.15) is 18.4 Å². The van der Waals surface area contributed by atoms with Crippen molar-refractivity contribution < 1.29 is 23.3 Å². The highest BCUT2D eigenvalue weighted by atomic mass is 16.7. The first-order chi connectivity index (χ1) is 9.91. The van der Waals surface area contributed by atoms with Gasteiger partial charge in [-0.25, -0.2) is 4.79 Å². The Morgan fingerprint density at radius 3 is 2.18 bits per heavy atom. The number of rotatable bonds is 1. The van der Waals surface area contributed by atoms with Crippen LogP contribution in [0, 0.1) is 0 Å². The van der Waals surface area contributed by atoms with Crippen LogP contribution in [0.25, 0.3) is 0 Å². The molecule has 1 saturated heterocycles. The van der Waals surface area contributed by atoms with Crippen molar-refractivity contribution in [3.8, 4) is 0 Å². The van der Waals surface area contributed by atoms with Crippen molar-refractivity contribution >= 4 is 19.6 Å². The molecular formula is C15H28BN2O4+. The highest BCUT2D eigenvalue weighted by Gasteiger charge is 2.60. The zero-order valence-corrected chi connectivity index (χ0v) is 14.8. The fourth-order valence-corrected chi connectivity index (χ4v) is 2.25. The van der Waals surface area contributed by atoms with Crippen LogP contribution in [0.15, 0.2) is 0 Å². The molecule has 0 atom stereocenters. The largest absolute Gasteiger partial charge is 0.844 e. The molecule has 124 valence electrons. The Morgan fingerprint density at radius 1 is 1.23 bits per heavy atom. The molecule has 0 N–H and O–H groups in total. The van der Waals surface area contributed by atoms with E-state index in [-0.39, 0.29) is 17.3 Å². The monoisotopic (exact) mass is 311 g/mol. The van der Waals surface area contributed by atoms with Gasteiger partial charge in [0.05, 0.1) is 24.3 Å². The van der Waals surface area contributed by atoms with Crippen molar-refractivity contribution in [3.05, 3.63) is 0 Å². The summed E-state index contributed by atoms with van der Waals surface area (Å²) in [6.07, 6.45) is 1.66. The summed E-state index contributed by atoms with van der Waals surface area (Å²) in [5, 5.41) is 0. The summed E-state index contributed by atoms with van der Waals surface area (Å²) in [6.45, 7) is 15.5. The lowest BCUT2D eigenvalue weighted by Gasteiger charge is -2.30. The minimum absolute atomic E-state index is 0.280. The maximum atomic E-state index is 12.1. The minimum Gasteiger partial charge on any atom is -0.444 e. The van der Waals surface area contributed by atoms with Gasteiger partial charge in [0.25, 0.3) is 0 Å². The highest BCUT2D eigenvalue weighted by Crippen LogP contribution is 2.36. The highest BCUT2D eigenvalue weighted by molar-refractivity contribution is 6.36. The molecule has 0 aromatic rings. The van der Waals surface area contributed by atoms with Crippen molar-refractivity contribution in [1.82, 2.24) is 4.90 Å². The lowest BCUT2D eigenvalue weighted by Crippen LogP contribution is -2.49. The van der Waals surface area contributed by atoms with E-state index in [4.69, 9.17) is 14.0 Å². The molecule has 2 heterocycles. The predicted octanol–water partition coefficient (Wildman–Crippen LogP) is 1.91. The molecule has 2 aliphatic heterocycles. The van der Waals surface area contributed by atoms with E-state index in [1.807, 2.05) is 59.2 Å². The Labute approximate surface area is 133 Å². The topological polar surface area (TPSA) is 51.0 Å². The zero-order valence-electron chi connectivity index (χ0n) is 14.8. The molecular weight excluding hydrogens is 283 g/mol. The molecule has 1 amide bonds. The van der Waals surface area contributed by atoms with E-state index in [1.165, 1.54) is 0 Å². The summed E-state index contributed by atoms with van der Waals surface area (Å²) in [4.78, 5) is 13.7. The molecule has 2 aliphatic rings. The normalized spacial score (nSPS) is 24.2. The van der Waals surface area contributed by atoms with Gasteiger partial charge < -0.3 is 14.0 Å². The van der Waals surface area contributed by atoms with Crippen LogP contribution < -0.4 is 0 Å².